The van der Waals surface area contributed by atoms with Crippen LogP contribution in [0.1, 0.15) is 17.2 Å². The molecule has 4 heteroatoms. The minimum atomic E-state index is 0.283. The van der Waals surface area contributed by atoms with Gasteiger partial charge in [-0.15, -0.1) is 0 Å². The van der Waals surface area contributed by atoms with E-state index in [0.29, 0.717) is 0 Å². The maximum absolute atomic E-state index is 5.66. The number of fused-ring (bicyclic) bond motifs is 1. The van der Waals surface area contributed by atoms with Crippen molar-refractivity contribution in [1.29, 1.82) is 0 Å². The van der Waals surface area contributed by atoms with Gasteiger partial charge in [0.05, 0.1) is 33.0 Å². The first-order chi connectivity index (χ1) is 8.40. The Morgan fingerprint density at radius 3 is 3.06 bits per heavy atom. The van der Waals surface area contributed by atoms with E-state index >= 15 is 0 Å². The van der Waals surface area contributed by atoms with Gasteiger partial charge < -0.3 is 19.5 Å². The van der Waals surface area contributed by atoms with Crippen LogP contribution in [0.5, 0.6) is 11.5 Å². The van der Waals surface area contributed by atoms with E-state index in [1.807, 2.05) is 6.07 Å². The van der Waals surface area contributed by atoms with Crippen LogP contribution in [0.4, 0.5) is 0 Å². The van der Waals surface area contributed by atoms with Crippen LogP contribution in [-0.2, 0) is 11.2 Å². The fraction of sp³-hybridized carbons (Fsp3) is 0.538. The molecule has 0 aliphatic carbocycles. The summed E-state index contributed by atoms with van der Waals surface area (Å²) in [4.78, 5) is 0. The van der Waals surface area contributed by atoms with E-state index in [1.54, 1.807) is 7.11 Å². The summed E-state index contributed by atoms with van der Waals surface area (Å²) in [7, 11) is 1.68. The van der Waals surface area contributed by atoms with Crippen molar-refractivity contribution >= 4 is 0 Å². The molecule has 4 nitrogen and oxygen atoms in total. The molecule has 0 bridgehead atoms. The minimum absolute atomic E-state index is 0.283. The average Bonchev–Trinajstić information content (AvgIpc) is 2.88. The summed E-state index contributed by atoms with van der Waals surface area (Å²) < 4.78 is 16.5. The molecule has 1 aromatic carbocycles. The molecule has 17 heavy (non-hydrogen) atoms. The Kier molecular flexibility index (Phi) is 2.91. The van der Waals surface area contributed by atoms with E-state index in [1.165, 1.54) is 11.1 Å². The number of rotatable bonds is 2. The van der Waals surface area contributed by atoms with Gasteiger partial charge in [0.2, 0.25) is 0 Å². The normalized spacial score (nSPS) is 23.0. The molecule has 0 saturated carbocycles. The Morgan fingerprint density at radius 1 is 1.35 bits per heavy atom. The lowest BCUT2D eigenvalue weighted by atomic mass is 9.98. The van der Waals surface area contributed by atoms with Crippen LogP contribution in [0.2, 0.25) is 0 Å². The van der Waals surface area contributed by atoms with Crippen molar-refractivity contribution in [3.63, 3.8) is 0 Å². The molecule has 3 rings (SSSR count). The van der Waals surface area contributed by atoms with Crippen LogP contribution in [0.25, 0.3) is 0 Å². The van der Waals surface area contributed by atoms with E-state index in [-0.39, 0.29) is 6.04 Å². The van der Waals surface area contributed by atoms with Crippen molar-refractivity contribution in [1.82, 2.24) is 5.32 Å². The highest BCUT2D eigenvalue weighted by Gasteiger charge is 2.26. The van der Waals surface area contributed by atoms with Crippen LogP contribution >= 0.6 is 0 Å². The number of nitrogens with one attached hydrogen (secondary N) is 1. The zero-order valence-corrected chi connectivity index (χ0v) is 9.99. The lowest BCUT2D eigenvalue weighted by Gasteiger charge is -2.26. The fourth-order valence-corrected chi connectivity index (χ4v) is 2.55. The summed E-state index contributed by atoms with van der Waals surface area (Å²) in [5, 5.41) is 3.48. The number of hydrogen-bond acceptors (Lipinski definition) is 4. The van der Waals surface area contributed by atoms with E-state index in [9.17, 15) is 0 Å². The third kappa shape index (κ3) is 1.87. The second kappa shape index (κ2) is 4.55. The van der Waals surface area contributed by atoms with Gasteiger partial charge in [-0.1, -0.05) is 6.07 Å². The van der Waals surface area contributed by atoms with E-state index in [0.717, 1.165) is 44.3 Å². The predicted octanol–water partition coefficient (Wildman–Crippen LogP) is 1.29. The SMILES string of the molecule is COc1ccc(C2COCCN2)c2c1OCC2. The summed E-state index contributed by atoms with van der Waals surface area (Å²) in [6.07, 6.45) is 0.958. The molecule has 1 aromatic rings. The predicted molar refractivity (Wildman–Crippen MR) is 63.8 cm³/mol. The van der Waals surface area contributed by atoms with Crippen LogP contribution in [0, 0.1) is 0 Å². The molecule has 0 aromatic heterocycles. The first-order valence-electron chi connectivity index (χ1n) is 6.04. The number of benzene rings is 1. The van der Waals surface area contributed by atoms with Gasteiger partial charge in [0, 0.05) is 18.5 Å². The Bertz CT molecular complexity index is 413. The van der Waals surface area contributed by atoms with Crippen molar-refractivity contribution in [2.24, 2.45) is 0 Å². The smallest absolute Gasteiger partial charge is 0.164 e. The van der Waals surface area contributed by atoms with Gasteiger partial charge in [-0.2, -0.15) is 0 Å². The maximum Gasteiger partial charge on any atom is 0.164 e. The van der Waals surface area contributed by atoms with Crippen LogP contribution < -0.4 is 14.8 Å². The summed E-state index contributed by atoms with van der Waals surface area (Å²) in [6.45, 7) is 3.19. The van der Waals surface area contributed by atoms with Gasteiger partial charge in [0.15, 0.2) is 11.5 Å². The summed E-state index contributed by atoms with van der Waals surface area (Å²) in [5.74, 6) is 1.75. The Hall–Kier alpha value is -1.26. The minimum Gasteiger partial charge on any atom is -0.493 e. The largest absolute Gasteiger partial charge is 0.493 e. The van der Waals surface area contributed by atoms with Gasteiger partial charge in [-0.05, 0) is 11.6 Å². The standard InChI is InChI=1S/C13H17NO3/c1-15-12-3-2-9(10-4-6-17-13(10)12)11-8-16-7-5-14-11/h2-3,11,14H,4-8H2,1H3. The topological polar surface area (TPSA) is 39.7 Å². The highest BCUT2D eigenvalue weighted by atomic mass is 16.5. The van der Waals surface area contributed by atoms with Crippen molar-refractivity contribution < 1.29 is 14.2 Å². The van der Waals surface area contributed by atoms with E-state index in [2.05, 4.69) is 11.4 Å². The second-order valence-electron chi connectivity index (χ2n) is 4.34. The third-order valence-corrected chi connectivity index (χ3v) is 3.38. The molecule has 1 saturated heterocycles. The highest BCUT2D eigenvalue weighted by Crippen LogP contribution is 2.39. The molecule has 1 atom stereocenters. The molecule has 92 valence electrons. The molecule has 1 fully saturated rings. The molecule has 1 unspecified atom stereocenters. The molecular formula is C13H17NO3. The van der Waals surface area contributed by atoms with Gasteiger partial charge in [0.1, 0.15) is 0 Å². The molecule has 2 aliphatic heterocycles. The first-order valence-corrected chi connectivity index (χ1v) is 6.04. The number of ether oxygens (including phenoxy) is 3. The maximum atomic E-state index is 5.66. The van der Waals surface area contributed by atoms with Gasteiger partial charge in [-0.25, -0.2) is 0 Å². The van der Waals surface area contributed by atoms with Crippen molar-refractivity contribution in [2.45, 2.75) is 12.5 Å². The molecule has 0 amide bonds. The van der Waals surface area contributed by atoms with E-state index in [4.69, 9.17) is 14.2 Å². The van der Waals surface area contributed by atoms with E-state index < -0.39 is 0 Å². The summed E-state index contributed by atoms with van der Waals surface area (Å²) in [6, 6.07) is 4.39. The van der Waals surface area contributed by atoms with Gasteiger partial charge in [-0.3, -0.25) is 0 Å². The molecule has 0 spiro atoms. The van der Waals surface area contributed by atoms with Crippen molar-refractivity contribution in [2.75, 3.05) is 33.5 Å². The zero-order valence-electron chi connectivity index (χ0n) is 9.99. The molecule has 2 aliphatic rings. The van der Waals surface area contributed by atoms with Gasteiger partial charge >= 0.3 is 0 Å². The van der Waals surface area contributed by atoms with Crippen LogP contribution in [-0.4, -0.2) is 33.5 Å². The zero-order chi connectivity index (χ0) is 11.7. The third-order valence-electron chi connectivity index (χ3n) is 3.38. The monoisotopic (exact) mass is 235 g/mol. The summed E-state index contributed by atoms with van der Waals surface area (Å²) >= 11 is 0. The van der Waals surface area contributed by atoms with Gasteiger partial charge in [0.25, 0.3) is 0 Å². The van der Waals surface area contributed by atoms with Crippen molar-refractivity contribution in [3.8, 4) is 11.5 Å². The van der Waals surface area contributed by atoms with Crippen LogP contribution in [0.15, 0.2) is 12.1 Å². The van der Waals surface area contributed by atoms with Crippen molar-refractivity contribution in [3.05, 3.63) is 23.3 Å². The highest BCUT2D eigenvalue weighted by molar-refractivity contribution is 5.53. The number of methoxy groups -OCH3 is 1. The quantitative estimate of drug-likeness (QED) is 0.838. The van der Waals surface area contributed by atoms with Crippen LogP contribution in [0.3, 0.4) is 0 Å². The molecule has 1 N–H and O–H groups in total. The average molecular weight is 235 g/mol. The molecule has 2 heterocycles. The Balaban J connectivity index is 1.97. The first kappa shape index (κ1) is 10.9. The fourth-order valence-electron chi connectivity index (χ4n) is 2.55. The molecule has 0 radical (unpaired) electrons. The number of hydrogen-bond donors (Lipinski definition) is 1. The summed E-state index contributed by atoms with van der Waals surface area (Å²) in [5.41, 5.74) is 2.56. The molecular weight excluding hydrogens is 218 g/mol. The lowest BCUT2D eigenvalue weighted by Crippen LogP contribution is -2.35. The lowest BCUT2D eigenvalue weighted by molar-refractivity contribution is 0.0766. The number of morpholine rings is 1. The Labute approximate surface area is 101 Å². The second-order valence-corrected chi connectivity index (χ2v) is 4.34. The Morgan fingerprint density at radius 2 is 2.29 bits per heavy atom.